The first kappa shape index (κ1) is 17.9. The molecule has 3 heteroatoms. The highest BCUT2D eigenvalue weighted by Gasteiger charge is 2.27. The first-order chi connectivity index (χ1) is 9.55. The van der Waals surface area contributed by atoms with Crippen LogP contribution < -0.4 is 5.32 Å². The number of hydrogen-bond donors (Lipinski definition) is 2. The molecule has 3 nitrogen and oxygen atoms in total. The molecule has 0 aliphatic heterocycles. The van der Waals surface area contributed by atoms with Crippen molar-refractivity contribution in [2.24, 2.45) is 11.8 Å². The maximum atomic E-state index is 9.62. The van der Waals surface area contributed by atoms with E-state index in [1.807, 2.05) is 0 Å². The molecular weight excluding hydrogens is 250 g/mol. The molecule has 0 radical (unpaired) electrons. The number of ether oxygens (including phenoxy) is 1. The van der Waals surface area contributed by atoms with Gasteiger partial charge in [0.2, 0.25) is 0 Å². The van der Waals surface area contributed by atoms with Crippen molar-refractivity contribution in [3.05, 3.63) is 0 Å². The maximum Gasteiger partial charge on any atom is 0.0613 e. The van der Waals surface area contributed by atoms with Crippen LogP contribution in [-0.4, -0.2) is 36.5 Å². The second-order valence-electron chi connectivity index (χ2n) is 6.84. The minimum absolute atomic E-state index is 0.106. The van der Waals surface area contributed by atoms with Crippen LogP contribution in [0.4, 0.5) is 0 Å². The van der Waals surface area contributed by atoms with Crippen molar-refractivity contribution in [2.45, 2.75) is 77.9 Å². The summed E-state index contributed by atoms with van der Waals surface area (Å²) in [7, 11) is 0. The third-order valence-electron chi connectivity index (χ3n) is 4.82. The van der Waals surface area contributed by atoms with Crippen molar-refractivity contribution in [3.63, 3.8) is 0 Å². The van der Waals surface area contributed by atoms with E-state index in [0.717, 1.165) is 44.2 Å². The van der Waals surface area contributed by atoms with Crippen LogP contribution >= 0.6 is 0 Å². The summed E-state index contributed by atoms with van der Waals surface area (Å²) in [4.78, 5) is 0. The molecule has 3 atom stereocenters. The van der Waals surface area contributed by atoms with Gasteiger partial charge in [-0.2, -0.15) is 0 Å². The second-order valence-corrected chi connectivity index (χ2v) is 6.84. The van der Waals surface area contributed by atoms with E-state index in [9.17, 15) is 5.11 Å². The minimum atomic E-state index is -0.106. The van der Waals surface area contributed by atoms with E-state index in [4.69, 9.17) is 4.74 Å². The predicted molar refractivity (Wildman–Crippen MR) is 84.9 cm³/mol. The Kier molecular flexibility index (Phi) is 8.08. The summed E-state index contributed by atoms with van der Waals surface area (Å²) in [6.45, 7) is 10.9. The normalized spacial score (nSPS) is 30.1. The molecule has 2 N–H and O–H groups in total. The van der Waals surface area contributed by atoms with Gasteiger partial charge in [0.1, 0.15) is 0 Å². The van der Waals surface area contributed by atoms with Crippen LogP contribution in [0.1, 0.15) is 66.2 Å². The Labute approximate surface area is 125 Å². The van der Waals surface area contributed by atoms with E-state index in [-0.39, 0.29) is 12.1 Å². The fourth-order valence-corrected chi connectivity index (χ4v) is 3.68. The van der Waals surface area contributed by atoms with Crippen molar-refractivity contribution >= 4 is 0 Å². The smallest absolute Gasteiger partial charge is 0.0613 e. The van der Waals surface area contributed by atoms with Crippen molar-refractivity contribution < 1.29 is 9.84 Å². The van der Waals surface area contributed by atoms with E-state index >= 15 is 0 Å². The first-order valence-corrected chi connectivity index (χ1v) is 8.52. The number of rotatable bonds is 9. The highest BCUT2D eigenvalue weighted by Crippen LogP contribution is 2.30. The number of aliphatic hydroxyl groups excluding tert-OH is 1. The largest absolute Gasteiger partial charge is 0.394 e. The van der Waals surface area contributed by atoms with Gasteiger partial charge < -0.3 is 15.2 Å². The zero-order valence-corrected chi connectivity index (χ0v) is 14.0. The van der Waals surface area contributed by atoms with Gasteiger partial charge in [-0.05, 0) is 56.9 Å². The Hall–Kier alpha value is -0.120. The zero-order chi connectivity index (χ0) is 15.0. The molecule has 20 heavy (non-hydrogen) atoms. The highest BCUT2D eigenvalue weighted by molar-refractivity contribution is 4.85. The van der Waals surface area contributed by atoms with E-state index in [1.54, 1.807) is 0 Å². The molecular formula is C17H35NO2. The van der Waals surface area contributed by atoms with Gasteiger partial charge >= 0.3 is 0 Å². The Morgan fingerprint density at radius 1 is 1.15 bits per heavy atom. The number of likely N-dealkylation sites (N-methyl/N-ethyl adjacent to an activating group) is 1. The van der Waals surface area contributed by atoms with Gasteiger partial charge in [-0.25, -0.2) is 0 Å². The van der Waals surface area contributed by atoms with Crippen LogP contribution in [0, 0.1) is 11.8 Å². The van der Waals surface area contributed by atoms with E-state index < -0.39 is 0 Å². The van der Waals surface area contributed by atoms with E-state index in [1.165, 1.54) is 19.3 Å². The standard InChI is InChI=1S/C17H35NO2/c1-5-17(13-19,18-6-2)8-7-9-20-16-11-14(3)10-15(4)12-16/h14-16,18-19H,5-13H2,1-4H3. The summed E-state index contributed by atoms with van der Waals surface area (Å²) < 4.78 is 6.08. The third-order valence-corrected chi connectivity index (χ3v) is 4.82. The summed E-state index contributed by atoms with van der Waals surface area (Å²) >= 11 is 0. The lowest BCUT2D eigenvalue weighted by Crippen LogP contribution is -2.48. The lowest BCUT2D eigenvalue weighted by atomic mass is 9.82. The maximum absolute atomic E-state index is 9.62. The lowest BCUT2D eigenvalue weighted by molar-refractivity contribution is -0.00410. The molecule has 1 aliphatic rings. The van der Waals surface area contributed by atoms with E-state index in [2.05, 4.69) is 33.0 Å². The average molecular weight is 285 g/mol. The molecule has 1 aliphatic carbocycles. The molecule has 120 valence electrons. The second kappa shape index (κ2) is 9.01. The van der Waals surface area contributed by atoms with Crippen molar-refractivity contribution in [2.75, 3.05) is 19.8 Å². The van der Waals surface area contributed by atoms with Gasteiger partial charge in [-0.3, -0.25) is 0 Å². The fraction of sp³-hybridized carbons (Fsp3) is 1.00. The molecule has 1 rings (SSSR count). The van der Waals surface area contributed by atoms with Gasteiger partial charge in [-0.1, -0.05) is 27.7 Å². The Morgan fingerprint density at radius 3 is 2.30 bits per heavy atom. The van der Waals surface area contributed by atoms with Gasteiger partial charge in [0, 0.05) is 12.1 Å². The molecule has 0 heterocycles. The van der Waals surface area contributed by atoms with Gasteiger partial charge in [0.05, 0.1) is 12.7 Å². The predicted octanol–water partition coefficient (Wildman–Crippen LogP) is 3.36. The minimum Gasteiger partial charge on any atom is -0.394 e. The number of nitrogens with one attached hydrogen (secondary N) is 1. The average Bonchev–Trinajstić information content (AvgIpc) is 2.41. The molecule has 0 aromatic rings. The van der Waals surface area contributed by atoms with Crippen molar-refractivity contribution in [3.8, 4) is 0 Å². The molecule has 1 fully saturated rings. The summed E-state index contributed by atoms with van der Waals surface area (Å²) in [5, 5.41) is 13.1. The number of hydrogen-bond acceptors (Lipinski definition) is 3. The van der Waals surface area contributed by atoms with Crippen LogP contribution in [0.2, 0.25) is 0 Å². The summed E-state index contributed by atoms with van der Waals surface area (Å²) in [5.41, 5.74) is -0.106. The summed E-state index contributed by atoms with van der Waals surface area (Å²) in [5.74, 6) is 1.61. The van der Waals surface area contributed by atoms with Crippen LogP contribution in [-0.2, 0) is 4.74 Å². The fourth-order valence-electron chi connectivity index (χ4n) is 3.68. The molecule has 0 bridgehead atoms. The molecule has 0 saturated heterocycles. The molecule has 0 spiro atoms. The lowest BCUT2D eigenvalue weighted by Gasteiger charge is -2.33. The summed E-state index contributed by atoms with van der Waals surface area (Å²) in [6.07, 6.45) is 7.23. The monoisotopic (exact) mass is 285 g/mol. The Morgan fingerprint density at radius 2 is 1.80 bits per heavy atom. The summed E-state index contributed by atoms with van der Waals surface area (Å²) in [6, 6.07) is 0. The first-order valence-electron chi connectivity index (χ1n) is 8.52. The van der Waals surface area contributed by atoms with Gasteiger partial charge in [0.25, 0.3) is 0 Å². The molecule has 0 amide bonds. The van der Waals surface area contributed by atoms with Crippen LogP contribution in [0.3, 0.4) is 0 Å². The Bertz CT molecular complexity index is 243. The number of aliphatic hydroxyl groups is 1. The van der Waals surface area contributed by atoms with Crippen LogP contribution in [0.15, 0.2) is 0 Å². The zero-order valence-electron chi connectivity index (χ0n) is 14.0. The SMILES string of the molecule is CCNC(CC)(CO)CCCOC1CC(C)CC(C)C1. The van der Waals surface area contributed by atoms with Gasteiger partial charge in [-0.15, -0.1) is 0 Å². The van der Waals surface area contributed by atoms with Crippen molar-refractivity contribution in [1.82, 2.24) is 5.32 Å². The Balaban J connectivity index is 2.26. The van der Waals surface area contributed by atoms with Crippen LogP contribution in [0.5, 0.6) is 0 Å². The molecule has 1 saturated carbocycles. The highest BCUT2D eigenvalue weighted by atomic mass is 16.5. The van der Waals surface area contributed by atoms with Gasteiger partial charge in [0.15, 0.2) is 0 Å². The quantitative estimate of drug-likeness (QED) is 0.638. The third kappa shape index (κ3) is 5.71. The topological polar surface area (TPSA) is 41.5 Å². The molecule has 0 aromatic heterocycles. The molecule has 3 unspecified atom stereocenters. The molecule has 0 aromatic carbocycles. The van der Waals surface area contributed by atoms with Crippen LogP contribution in [0.25, 0.3) is 0 Å². The van der Waals surface area contributed by atoms with E-state index in [0.29, 0.717) is 6.10 Å². The van der Waals surface area contributed by atoms with Crippen molar-refractivity contribution in [1.29, 1.82) is 0 Å².